The Bertz CT molecular complexity index is 626. The maximum atomic E-state index is 12.5. The van der Waals surface area contributed by atoms with Crippen LogP contribution in [0.25, 0.3) is 6.08 Å². The number of benzene rings is 1. The van der Waals surface area contributed by atoms with Gasteiger partial charge < -0.3 is 9.80 Å². The lowest BCUT2D eigenvalue weighted by atomic mass is 10.0. The van der Waals surface area contributed by atoms with Crippen molar-refractivity contribution in [3.05, 3.63) is 42.0 Å². The Hall–Kier alpha value is -1.94. The molecule has 1 amide bonds. The standard InChI is InChI=1S/C21H28N2O2/c1-22-13-5-9-18(22)15-20(24)16-19-10-6-14-23(19)21(25)12-11-17-7-3-2-4-8-17/h2-4,7-8,11-12,18-19H,5-6,9-10,13-16H2,1H3. The summed E-state index contributed by atoms with van der Waals surface area (Å²) in [5, 5.41) is 0. The van der Waals surface area contributed by atoms with Gasteiger partial charge in [0.1, 0.15) is 5.78 Å². The van der Waals surface area contributed by atoms with E-state index in [4.69, 9.17) is 0 Å². The van der Waals surface area contributed by atoms with E-state index in [1.54, 1.807) is 6.08 Å². The summed E-state index contributed by atoms with van der Waals surface area (Å²) in [6.45, 7) is 1.86. The number of ketones is 1. The lowest BCUT2D eigenvalue weighted by Gasteiger charge is -2.24. The molecular weight excluding hydrogens is 312 g/mol. The predicted octanol–water partition coefficient (Wildman–Crippen LogP) is 3.13. The Morgan fingerprint density at radius 3 is 2.44 bits per heavy atom. The second-order valence-electron chi connectivity index (χ2n) is 7.30. The fourth-order valence-electron chi connectivity index (χ4n) is 4.01. The maximum Gasteiger partial charge on any atom is 0.246 e. The third kappa shape index (κ3) is 4.79. The average Bonchev–Trinajstić information content (AvgIpc) is 3.23. The van der Waals surface area contributed by atoms with E-state index in [0.717, 1.165) is 37.9 Å². The van der Waals surface area contributed by atoms with Crippen LogP contribution in [0.3, 0.4) is 0 Å². The zero-order chi connectivity index (χ0) is 17.6. The van der Waals surface area contributed by atoms with E-state index in [1.165, 1.54) is 6.42 Å². The molecule has 25 heavy (non-hydrogen) atoms. The molecule has 2 fully saturated rings. The summed E-state index contributed by atoms with van der Waals surface area (Å²) in [4.78, 5) is 29.2. The van der Waals surface area contributed by atoms with Crippen LogP contribution in [0.4, 0.5) is 0 Å². The summed E-state index contributed by atoms with van der Waals surface area (Å²) >= 11 is 0. The fraction of sp³-hybridized carbons (Fsp3) is 0.524. The van der Waals surface area contributed by atoms with Crippen molar-refractivity contribution in [1.29, 1.82) is 0 Å². The Morgan fingerprint density at radius 2 is 1.72 bits per heavy atom. The number of carbonyl (C=O) groups excluding carboxylic acids is 2. The van der Waals surface area contributed by atoms with Crippen LogP contribution >= 0.6 is 0 Å². The van der Waals surface area contributed by atoms with Crippen LogP contribution < -0.4 is 0 Å². The summed E-state index contributed by atoms with van der Waals surface area (Å²) in [5.74, 6) is 0.327. The third-order valence-corrected chi connectivity index (χ3v) is 5.48. The van der Waals surface area contributed by atoms with E-state index >= 15 is 0 Å². The maximum absolute atomic E-state index is 12.5. The summed E-state index contributed by atoms with van der Waals surface area (Å²) in [6, 6.07) is 10.3. The third-order valence-electron chi connectivity index (χ3n) is 5.48. The molecule has 134 valence electrons. The van der Waals surface area contributed by atoms with Gasteiger partial charge in [-0.15, -0.1) is 0 Å². The SMILES string of the molecule is CN1CCCC1CC(=O)CC1CCCN1C(=O)C=Cc1ccccc1. The number of rotatable bonds is 6. The molecule has 0 N–H and O–H groups in total. The monoisotopic (exact) mass is 340 g/mol. The van der Waals surface area contributed by atoms with E-state index in [1.807, 2.05) is 41.3 Å². The van der Waals surface area contributed by atoms with Crippen LogP contribution in [0.5, 0.6) is 0 Å². The van der Waals surface area contributed by atoms with Gasteiger partial charge in [-0.2, -0.15) is 0 Å². The summed E-state index contributed by atoms with van der Waals surface area (Å²) in [5.41, 5.74) is 1.02. The number of amides is 1. The van der Waals surface area contributed by atoms with Crippen molar-refractivity contribution in [3.63, 3.8) is 0 Å². The van der Waals surface area contributed by atoms with Crippen LogP contribution in [0.2, 0.25) is 0 Å². The van der Waals surface area contributed by atoms with Crippen molar-refractivity contribution < 1.29 is 9.59 Å². The van der Waals surface area contributed by atoms with Crippen molar-refractivity contribution >= 4 is 17.8 Å². The first kappa shape index (κ1) is 17.9. The van der Waals surface area contributed by atoms with Gasteiger partial charge in [0.2, 0.25) is 5.91 Å². The second-order valence-corrected chi connectivity index (χ2v) is 7.30. The molecule has 0 spiro atoms. The molecule has 2 heterocycles. The quantitative estimate of drug-likeness (QED) is 0.747. The van der Waals surface area contributed by atoms with Crippen LogP contribution in [-0.4, -0.2) is 53.7 Å². The molecular formula is C21H28N2O2. The minimum Gasteiger partial charge on any atom is -0.336 e. The van der Waals surface area contributed by atoms with Crippen molar-refractivity contribution in [3.8, 4) is 0 Å². The van der Waals surface area contributed by atoms with E-state index < -0.39 is 0 Å². The van der Waals surface area contributed by atoms with E-state index in [9.17, 15) is 9.59 Å². The molecule has 0 bridgehead atoms. The molecule has 2 aliphatic rings. The van der Waals surface area contributed by atoms with E-state index in [-0.39, 0.29) is 11.9 Å². The Balaban J connectivity index is 1.53. The second kappa shape index (κ2) is 8.43. The minimum atomic E-state index is 0.0251. The molecule has 1 aromatic carbocycles. The number of hydrogen-bond donors (Lipinski definition) is 0. The van der Waals surface area contributed by atoms with Crippen molar-refractivity contribution in [1.82, 2.24) is 9.80 Å². The molecule has 2 aliphatic heterocycles. The highest BCUT2D eigenvalue weighted by molar-refractivity contribution is 5.92. The largest absolute Gasteiger partial charge is 0.336 e. The molecule has 2 atom stereocenters. The first-order valence-electron chi connectivity index (χ1n) is 9.39. The van der Waals surface area contributed by atoms with Crippen molar-refractivity contribution in [2.45, 2.75) is 50.6 Å². The molecule has 0 aliphatic carbocycles. The molecule has 4 nitrogen and oxygen atoms in total. The number of nitrogens with zero attached hydrogens (tertiary/aromatic N) is 2. The smallest absolute Gasteiger partial charge is 0.246 e. The Labute approximate surface area is 150 Å². The van der Waals surface area contributed by atoms with Gasteiger partial charge in [0, 0.05) is 37.5 Å². The highest BCUT2D eigenvalue weighted by Crippen LogP contribution is 2.24. The average molecular weight is 340 g/mol. The topological polar surface area (TPSA) is 40.6 Å². The lowest BCUT2D eigenvalue weighted by molar-refractivity contribution is -0.128. The predicted molar refractivity (Wildman–Crippen MR) is 100 cm³/mol. The van der Waals surface area contributed by atoms with Gasteiger partial charge in [-0.3, -0.25) is 9.59 Å². The highest BCUT2D eigenvalue weighted by atomic mass is 16.2. The van der Waals surface area contributed by atoms with Gasteiger partial charge in [0.15, 0.2) is 0 Å². The molecule has 2 saturated heterocycles. The van der Waals surface area contributed by atoms with Gasteiger partial charge in [-0.25, -0.2) is 0 Å². The minimum absolute atomic E-state index is 0.0251. The van der Waals surface area contributed by atoms with Crippen LogP contribution in [-0.2, 0) is 9.59 Å². The number of Topliss-reactive ketones (excluding diaryl/α,β-unsaturated/α-hetero) is 1. The number of likely N-dealkylation sites (tertiary alicyclic amines) is 2. The van der Waals surface area contributed by atoms with Crippen molar-refractivity contribution in [2.24, 2.45) is 0 Å². The first-order chi connectivity index (χ1) is 12.1. The molecule has 0 radical (unpaired) electrons. The van der Waals surface area contributed by atoms with Gasteiger partial charge in [0.25, 0.3) is 0 Å². The van der Waals surface area contributed by atoms with Gasteiger partial charge in [-0.05, 0) is 50.9 Å². The lowest BCUT2D eigenvalue weighted by Crippen LogP contribution is -2.36. The molecule has 0 aromatic heterocycles. The number of carbonyl (C=O) groups is 2. The zero-order valence-corrected chi connectivity index (χ0v) is 15.1. The molecule has 2 unspecified atom stereocenters. The number of hydrogen-bond acceptors (Lipinski definition) is 3. The van der Waals surface area contributed by atoms with Crippen LogP contribution in [0.1, 0.15) is 44.1 Å². The fourth-order valence-corrected chi connectivity index (χ4v) is 4.01. The van der Waals surface area contributed by atoms with Gasteiger partial charge in [0.05, 0.1) is 0 Å². The van der Waals surface area contributed by atoms with Crippen LogP contribution in [0, 0.1) is 0 Å². The van der Waals surface area contributed by atoms with E-state index in [2.05, 4.69) is 11.9 Å². The Kier molecular flexibility index (Phi) is 6.03. The van der Waals surface area contributed by atoms with E-state index in [0.29, 0.717) is 24.7 Å². The molecule has 3 rings (SSSR count). The van der Waals surface area contributed by atoms with Crippen molar-refractivity contribution in [2.75, 3.05) is 20.1 Å². The molecule has 1 aromatic rings. The summed E-state index contributed by atoms with van der Waals surface area (Å²) < 4.78 is 0. The zero-order valence-electron chi connectivity index (χ0n) is 15.1. The summed E-state index contributed by atoms with van der Waals surface area (Å²) in [6.07, 6.45) is 8.88. The van der Waals surface area contributed by atoms with Crippen LogP contribution in [0.15, 0.2) is 36.4 Å². The van der Waals surface area contributed by atoms with Gasteiger partial charge in [-0.1, -0.05) is 30.3 Å². The summed E-state index contributed by atoms with van der Waals surface area (Å²) in [7, 11) is 2.10. The normalized spacial score (nSPS) is 24.3. The molecule has 0 saturated carbocycles. The Morgan fingerprint density at radius 1 is 1.04 bits per heavy atom. The molecule has 4 heteroatoms. The highest BCUT2D eigenvalue weighted by Gasteiger charge is 2.31. The first-order valence-corrected chi connectivity index (χ1v) is 9.39. The van der Waals surface area contributed by atoms with Gasteiger partial charge >= 0.3 is 0 Å².